The zero-order chi connectivity index (χ0) is 18.4. The summed E-state index contributed by atoms with van der Waals surface area (Å²) >= 11 is 0. The molecule has 2 aromatic carbocycles. The summed E-state index contributed by atoms with van der Waals surface area (Å²) < 4.78 is 11.4. The van der Waals surface area contributed by atoms with E-state index in [2.05, 4.69) is 12.1 Å². The fourth-order valence-corrected chi connectivity index (χ4v) is 3.38. The van der Waals surface area contributed by atoms with Gasteiger partial charge in [0.25, 0.3) is 0 Å². The van der Waals surface area contributed by atoms with Gasteiger partial charge in [-0.15, -0.1) is 0 Å². The van der Waals surface area contributed by atoms with Gasteiger partial charge in [-0.1, -0.05) is 36.4 Å². The van der Waals surface area contributed by atoms with E-state index in [-0.39, 0.29) is 6.04 Å². The lowest BCUT2D eigenvalue weighted by Crippen LogP contribution is -2.35. The molecule has 0 amide bonds. The van der Waals surface area contributed by atoms with Crippen LogP contribution in [0, 0.1) is 0 Å². The van der Waals surface area contributed by atoms with Crippen molar-refractivity contribution in [2.75, 3.05) is 20.3 Å². The van der Waals surface area contributed by atoms with Crippen molar-refractivity contribution in [2.24, 2.45) is 0 Å². The molecule has 0 bridgehead atoms. The highest BCUT2D eigenvalue weighted by atomic mass is 16.5. The van der Waals surface area contributed by atoms with Crippen molar-refractivity contribution in [3.63, 3.8) is 0 Å². The van der Waals surface area contributed by atoms with Gasteiger partial charge >= 0.3 is 5.97 Å². The average molecular weight is 355 g/mol. The van der Waals surface area contributed by atoms with Gasteiger partial charge in [0, 0.05) is 13.0 Å². The summed E-state index contributed by atoms with van der Waals surface area (Å²) in [5.41, 5.74) is 2.27. The molecule has 138 valence electrons. The molecule has 2 aromatic rings. The number of methoxy groups -OCH3 is 1. The second kappa shape index (κ2) is 8.72. The molecule has 1 atom stereocenters. The number of ether oxygens (including phenoxy) is 2. The normalized spacial score (nSPS) is 17.2. The number of carboxylic acids is 1. The maximum atomic E-state index is 11.3. The zero-order valence-electron chi connectivity index (χ0n) is 15.1. The van der Waals surface area contributed by atoms with Crippen LogP contribution in [0.5, 0.6) is 11.5 Å². The summed E-state index contributed by atoms with van der Waals surface area (Å²) in [4.78, 5) is 13.3. The molecule has 26 heavy (non-hydrogen) atoms. The molecule has 0 spiro atoms. The van der Waals surface area contributed by atoms with Crippen LogP contribution < -0.4 is 9.47 Å². The maximum absolute atomic E-state index is 11.3. The van der Waals surface area contributed by atoms with Crippen LogP contribution in [0.1, 0.15) is 24.0 Å². The predicted molar refractivity (Wildman–Crippen MR) is 99.7 cm³/mol. The van der Waals surface area contributed by atoms with Crippen molar-refractivity contribution in [2.45, 2.75) is 31.8 Å². The Labute approximate surface area is 154 Å². The van der Waals surface area contributed by atoms with Gasteiger partial charge in [-0.2, -0.15) is 0 Å². The standard InChI is InChI=1S/C21H25NO4/c1-25-20-14-17(15-22-12-5-8-18(22)21(23)24)9-10-19(20)26-13-11-16-6-3-2-4-7-16/h2-4,6-7,9-10,14,18H,5,8,11-13,15H2,1H3,(H,23,24). The van der Waals surface area contributed by atoms with Crippen LogP contribution in [0.15, 0.2) is 48.5 Å². The van der Waals surface area contributed by atoms with E-state index in [1.807, 2.05) is 41.3 Å². The molecule has 1 unspecified atom stereocenters. The number of nitrogens with zero attached hydrogens (tertiary/aromatic N) is 1. The van der Waals surface area contributed by atoms with Crippen LogP contribution >= 0.6 is 0 Å². The van der Waals surface area contributed by atoms with Crippen molar-refractivity contribution in [1.29, 1.82) is 0 Å². The predicted octanol–water partition coefficient (Wildman–Crippen LogP) is 3.37. The highest BCUT2D eigenvalue weighted by molar-refractivity contribution is 5.73. The molecule has 5 nitrogen and oxygen atoms in total. The molecule has 0 aromatic heterocycles. The van der Waals surface area contributed by atoms with E-state index in [4.69, 9.17) is 9.47 Å². The fraction of sp³-hybridized carbons (Fsp3) is 0.381. The van der Waals surface area contributed by atoms with E-state index in [0.717, 1.165) is 24.9 Å². The largest absolute Gasteiger partial charge is 0.493 e. The van der Waals surface area contributed by atoms with Crippen LogP contribution in [-0.2, 0) is 17.8 Å². The van der Waals surface area contributed by atoms with Crippen LogP contribution in [-0.4, -0.2) is 42.3 Å². The van der Waals surface area contributed by atoms with E-state index < -0.39 is 5.97 Å². The number of likely N-dealkylation sites (tertiary alicyclic amines) is 1. The number of benzene rings is 2. The summed E-state index contributed by atoms with van der Waals surface area (Å²) in [6.07, 6.45) is 2.47. The van der Waals surface area contributed by atoms with Gasteiger partial charge in [0.2, 0.25) is 0 Å². The third-order valence-corrected chi connectivity index (χ3v) is 4.75. The first-order valence-electron chi connectivity index (χ1n) is 8.98. The maximum Gasteiger partial charge on any atom is 0.320 e. The Morgan fingerprint density at radius 3 is 2.69 bits per heavy atom. The van der Waals surface area contributed by atoms with Crippen LogP contribution in [0.25, 0.3) is 0 Å². The first kappa shape index (κ1) is 18.3. The molecule has 1 fully saturated rings. The molecular formula is C21H25NO4. The molecule has 1 heterocycles. The number of carbonyl (C=O) groups is 1. The van der Waals surface area contributed by atoms with Crippen molar-refractivity contribution in [3.05, 3.63) is 59.7 Å². The summed E-state index contributed by atoms with van der Waals surface area (Å²) in [5, 5.41) is 9.31. The van der Waals surface area contributed by atoms with E-state index in [1.54, 1.807) is 7.11 Å². The SMILES string of the molecule is COc1cc(CN2CCCC2C(=O)O)ccc1OCCc1ccccc1. The van der Waals surface area contributed by atoms with Gasteiger partial charge < -0.3 is 14.6 Å². The molecule has 1 aliphatic rings. The van der Waals surface area contributed by atoms with Crippen molar-refractivity contribution in [3.8, 4) is 11.5 Å². The van der Waals surface area contributed by atoms with Crippen molar-refractivity contribution < 1.29 is 19.4 Å². The molecule has 3 rings (SSSR count). The molecule has 1 saturated heterocycles. The molecule has 5 heteroatoms. The second-order valence-electron chi connectivity index (χ2n) is 6.54. The van der Waals surface area contributed by atoms with Gasteiger partial charge in [-0.25, -0.2) is 0 Å². The first-order valence-corrected chi connectivity index (χ1v) is 8.98. The summed E-state index contributed by atoms with van der Waals surface area (Å²) in [6, 6.07) is 15.7. The number of carboxylic acid groups (broad SMARTS) is 1. The Kier molecular flexibility index (Phi) is 6.12. The Bertz CT molecular complexity index is 732. The molecule has 1 N–H and O–H groups in total. The Hall–Kier alpha value is -2.53. The van der Waals surface area contributed by atoms with E-state index in [9.17, 15) is 9.90 Å². The minimum Gasteiger partial charge on any atom is -0.493 e. The quantitative estimate of drug-likeness (QED) is 0.787. The summed E-state index contributed by atoms with van der Waals surface area (Å²) in [7, 11) is 1.62. The lowest BCUT2D eigenvalue weighted by atomic mass is 10.1. The lowest BCUT2D eigenvalue weighted by molar-refractivity contribution is -0.142. The van der Waals surface area contributed by atoms with Gasteiger partial charge in [-0.05, 0) is 42.6 Å². The highest BCUT2D eigenvalue weighted by Crippen LogP contribution is 2.30. The van der Waals surface area contributed by atoms with Crippen LogP contribution in [0.2, 0.25) is 0 Å². The number of hydrogen-bond acceptors (Lipinski definition) is 4. The van der Waals surface area contributed by atoms with Gasteiger partial charge in [0.15, 0.2) is 11.5 Å². The highest BCUT2D eigenvalue weighted by Gasteiger charge is 2.30. The second-order valence-corrected chi connectivity index (χ2v) is 6.54. The molecule has 1 aliphatic heterocycles. The third-order valence-electron chi connectivity index (χ3n) is 4.75. The number of aliphatic carboxylic acids is 1. The van der Waals surface area contributed by atoms with E-state index in [0.29, 0.717) is 31.1 Å². The molecule has 0 radical (unpaired) electrons. The monoisotopic (exact) mass is 355 g/mol. The fourth-order valence-electron chi connectivity index (χ4n) is 3.38. The van der Waals surface area contributed by atoms with Gasteiger partial charge in [-0.3, -0.25) is 9.69 Å². The van der Waals surface area contributed by atoms with Crippen molar-refractivity contribution >= 4 is 5.97 Å². The topological polar surface area (TPSA) is 59.0 Å². The van der Waals surface area contributed by atoms with E-state index in [1.165, 1.54) is 5.56 Å². The molecule has 0 saturated carbocycles. The minimum absolute atomic E-state index is 0.386. The zero-order valence-corrected chi connectivity index (χ0v) is 15.1. The Balaban J connectivity index is 1.61. The molecule has 0 aliphatic carbocycles. The number of hydrogen-bond donors (Lipinski definition) is 1. The minimum atomic E-state index is -0.740. The average Bonchev–Trinajstić information content (AvgIpc) is 3.12. The Morgan fingerprint density at radius 1 is 1.15 bits per heavy atom. The van der Waals surface area contributed by atoms with Crippen LogP contribution in [0.3, 0.4) is 0 Å². The van der Waals surface area contributed by atoms with Gasteiger partial charge in [0.1, 0.15) is 6.04 Å². The van der Waals surface area contributed by atoms with Gasteiger partial charge in [0.05, 0.1) is 13.7 Å². The first-order chi connectivity index (χ1) is 12.7. The van der Waals surface area contributed by atoms with E-state index >= 15 is 0 Å². The smallest absolute Gasteiger partial charge is 0.320 e. The third kappa shape index (κ3) is 4.55. The Morgan fingerprint density at radius 2 is 1.96 bits per heavy atom. The van der Waals surface area contributed by atoms with Crippen molar-refractivity contribution in [1.82, 2.24) is 4.90 Å². The van der Waals surface area contributed by atoms with Crippen LogP contribution in [0.4, 0.5) is 0 Å². The lowest BCUT2D eigenvalue weighted by Gasteiger charge is -2.21. The molecular weight excluding hydrogens is 330 g/mol. The summed E-state index contributed by atoms with van der Waals surface area (Å²) in [6.45, 7) is 2.00. The summed E-state index contributed by atoms with van der Waals surface area (Å²) in [5.74, 6) is 0.653. The number of rotatable bonds is 8.